The van der Waals surface area contributed by atoms with Gasteiger partial charge in [-0.15, -0.1) is 0 Å². The number of rotatable bonds is 9. The number of H-pyrrole nitrogens is 1. The molecule has 7 nitrogen and oxygen atoms in total. The number of imidazole rings is 1. The van der Waals surface area contributed by atoms with Crippen LogP contribution in [0.5, 0.6) is 0 Å². The maximum Gasteiger partial charge on any atom is 0.253 e. The van der Waals surface area contributed by atoms with E-state index in [1.165, 1.54) is 5.56 Å². The van der Waals surface area contributed by atoms with Crippen LogP contribution in [0.15, 0.2) is 53.4 Å². The first kappa shape index (κ1) is 22.7. The molecule has 0 bridgehead atoms. The second-order valence-corrected chi connectivity index (χ2v) is 12.4. The number of hydrogen-bond donors (Lipinski definition) is 3. The lowest BCUT2D eigenvalue weighted by Gasteiger charge is -2.19. The van der Waals surface area contributed by atoms with E-state index in [1.54, 1.807) is 35.2 Å². The number of benzene rings is 1. The largest absolute Gasteiger partial charge is 0.352 e. The monoisotopic (exact) mass is 484 g/mol. The van der Waals surface area contributed by atoms with Gasteiger partial charge in [0.1, 0.15) is 5.82 Å². The minimum Gasteiger partial charge on any atom is -0.352 e. The summed E-state index contributed by atoms with van der Waals surface area (Å²) in [5.41, 5.74) is 5.01. The zero-order chi connectivity index (χ0) is 22.5. The summed E-state index contributed by atoms with van der Waals surface area (Å²) in [6.07, 6.45) is 2.38. The predicted octanol–water partition coefficient (Wildman–Crippen LogP) is 5.22. The van der Waals surface area contributed by atoms with E-state index in [0.717, 1.165) is 23.5 Å². The highest BCUT2D eigenvalue weighted by atomic mass is 32.7. The molecule has 4 rings (SSSR count). The van der Waals surface area contributed by atoms with E-state index in [0.29, 0.717) is 23.3 Å². The van der Waals surface area contributed by atoms with Gasteiger partial charge in [-0.2, -0.15) is 11.3 Å². The van der Waals surface area contributed by atoms with Gasteiger partial charge in [-0.1, -0.05) is 12.1 Å². The lowest BCUT2D eigenvalue weighted by molar-refractivity contribution is 0.0955. The molecule has 3 N–H and O–H groups in total. The van der Waals surface area contributed by atoms with Crippen molar-refractivity contribution < 1.29 is 4.79 Å². The van der Waals surface area contributed by atoms with Gasteiger partial charge in [0.25, 0.3) is 5.91 Å². The van der Waals surface area contributed by atoms with Gasteiger partial charge in [0.05, 0.1) is 11.1 Å². The Morgan fingerprint density at radius 3 is 2.75 bits per heavy atom. The SMILES string of the molecule is CN(C)P(C)SNc1ccc(CCNC(=O)c2ccnc3nc(-c4ccsc4)[nH]c23)cc1. The van der Waals surface area contributed by atoms with E-state index in [2.05, 4.69) is 74.7 Å². The number of hydrogen-bond acceptors (Lipinski definition) is 7. The van der Waals surface area contributed by atoms with Crippen molar-refractivity contribution in [3.05, 3.63) is 64.5 Å². The van der Waals surface area contributed by atoms with Gasteiger partial charge in [0, 0.05) is 36.6 Å². The molecule has 0 aliphatic carbocycles. The molecule has 0 saturated heterocycles. The average Bonchev–Trinajstić information content (AvgIpc) is 3.47. The minimum absolute atomic E-state index is 0.132. The van der Waals surface area contributed by atoms with Gasteiger partial charge >= 0.3 is 0 Å². The van der Waals surface area contributed by atoms with Crippen LogP contribution in [0.1, 0.15) is 15.9 Å². The molecule has 3 aromatic heterocycles. The van der Waals surface area contributed by atoms with Crippen molar-refractivity contribution in [2.24, 2.45) is 0 Å². The molecule has 0 aliphatic heterocycles. The zero-order valence-electron chi connectivity index (χ0n) is 18.1. The molecule has 166 valence electrons. The first-order chi connectivity index (χ1) is 15.5. The highest BCUT2D eigenvalue weighted by Crippen LogP contribution is 2.47. The van der Waals surface area contributed by atoms with Gasteiger partial charge in [0.15, 0.2) is 5.65 Å². The van der Waals surface area contributed by atoms with Crippen LogP contribution < -0.4 is 10.0 Å². The molecule has 1 amide bonds. The highest BCUT2D eigenvalue weighted by molar-refractivity contribution is 8.55. The summed E-state index contributed by atoms with van der Waals surface area (Å²) in [5, 5.41) is 7.03. The fourth-order valence-corrected chi connectivity index (χ4v) is 5.37. The fourth-order valence-electron chi connectivity index (χ4n) is 2.99. The lowest BCUT2D eigenvalue weighted by Crippen LogP contribution is -2.26. The third-order valence-corrected chi connectivity index (χ3v) is 9.39. The van der Waals surface area contributed by atoms with Gasteiger partial charge < -0.3 is 15.0 Å². The Morgan fingerprint density at radius 2 is 2.03 bits per heavy atom. The van der Waals surface area contributed by atoms with Crippen LogP contribution in [0.4, 0.5) is 5.69 Å². The Bertz CT molecular complexity index is 1180. The van der Waals surface area contributed by atoms with Crippen LogP contribution in [0, 0.1) is 0 Å². The number of amides is 1. The van der Waals surface area contributed by atoms with Crippen LogP contribution in [-0.2, 0) is 6.42 Å². The second kappa shape index (κ2) is 10.4. The Labute approximate surface area is 196 Å². The van der Waals surface area contributed by atoms with Crippen molar-refractivity contribution in [2.75, 3.05) is 32.0 Å². The topological polar surface area (TPSA) is 85.9 Å². The molecular weight excluding hydrogens is 459 g/mol. The Kier molecular flexibility index (Phi) is 7.42. The summed E-state index contributed by atoms with van der Waals surface area (Å²) in [6, 6.07) is 12.1. The zero-order valence-corrected chi connectivity index (χ0v) is 20.7. The number of carbonyl (C=O) groups excluding carboxylic acids is 1. The molecule has 1 aromatic carbocycles. The van der Waals surface area contributed by atoms with Gasteiger partial charge in [-0.3, -0.25) is 9.46 Å². The third-order valence-electron chi connectivity index (χ3n) is 4.94. The van der Waals surface area contributed by atoms with Crippen molar-refractivity contribution in [1.82, 2.24) is 24.9 Å². The maximum atomic E-state index is 12.8. The summed E-state index contributed by atoms with van der Waals surface area (Å²) in [5.74, 6) is 0.592. The van der Waals surface area contributed by atoms with E-state index < -0.39 is 0 Å². The number of carbonyl (C=O) groups is 1. The number of pyridine rings is 1. The molecule has 4 aromatic rings. The Balaban J connectivity index is 1.34. The highest BCUT2D eigenvalue weighted by Gasteiger charge is 2.15. The number of anilines is 1. The lowest BCUT2D eigenvalue weighted by atomic mass is 10.1. The molecular formula is C22H25N6OPS2. The van der Waals surface area contributed by atoms with Crippen LogP contribution in [-0.4, -0.2) is 52.8 Å². The van der Waals surface area contributed by atoms with Crippen molar-refractivity contribution >= 4 is 52.9 Å². The van der Waals surface area contributed by atoms with Gasteiger partial charge in [0.2, 0.25) is 0 Å². The first-order valence-corrected chi connectivity index (χ1v) is 14.2. The van der Waals surface area contributed by atoms with E-state index in [4.69, 9.17) is 0 Å². The molecule has 3 heterocycles. The number of fused-ring (bicyclic) bond motifs is 1. The fraction of sp³-hybridized carbons (Fsp3) is 0.227. The minimum atomic E-state index is -0.252. The summed E-state index contributed by atoms with van der Waals surface area (Å²) in [6.45, 7) is 2.77. The first-order valence-electron chi connectivity index (χ1n) is 10.1. The number of thiophene rings is 1. The van der Waals surface area contributed by atoms with Crippen molar-refractivity contribution in [2.45, 2.75) is 6.42 Å². The number of aromatic amines is 1. The summed E-state index contributed by atoms with van der Waals surface area (Å²) >= 11 is 3.34. The van der Waals surface area contributed by atoms with Gasteiger partial charge in [-0.25, -0.2) is 9.97 Å². The second-order valence-electron chi connectivity index (χ2n) is 7.36. The van der Waals surface area contributed by atoms with E-state index in [1.807, 2.05) is 16.8 Å². The van der Waals surface area contributed by atoms with Crippen molar-refractivity contribution in [3.8, 4) is 11.4 Å². The Hall–Kier alpha value is -2.45. The predicted molar refractivity (Wildman–Crippen MR) is 137 cm³/mol. The van der Waals surface area contributed by atoms with E-state index >= 15 is 0 Å². The molecule has 0 radical (unpaired) electrons. The normalized spacial score (nSPS) is 12.2. The van der Waals surface area contributed by atoms with Crippen molar-refractivity contribution in [3.63, 3.8) is 0 Å². The molecule has 10 heteroatoms. The Morgan fingerprint density at radius 1 is 1.22 bits per heavy atom. The maximum absolute atomic E-state index is 12.8. The molecule has 0 saturated carbocycles. The average molecular weight is 485 g/mol. The van der Waals surface area contributed by atoms with Crippen LogP contribution in [0.3, 0.4) is 0 Å². The van der Waals surface area contributed by atoms with Crippen LogP contribution in [0.2, 0.25) is 0 Å². The smallest absolute Gasteiger partial charge is 0.253 e. The number of aromatic nitrogens is 3. The number of nitrogens with one attached hydrogen (secondary N) is 3. The third kappa shape index (κ3) is 5.48. The molecule has 0 fully saturated rings. The summed E-state index contributed by atoms with van der Waals surface area (Å²) in [4.78, 5) is 24.9. The quantitative estimate of drug-likeness (QED) is 0.223. The van der Waals surface area contributed by atoms with Gasteiger partial charge in [-0.05, 0) is 74.0 Å². The number of nitrogens with zero attached hydrogens (tertiary/aromatic N) is 3. The molecule has 1 atom stereocenters. The van der Waals surface area contributed by atoms with Crippen LogP contribution in [0.25, 0.3) is 22.6 Å². The molecule has 0 aliphatic rings. The van der Waals surface area contributed by atoms with E-state index in [9.17, 15) is 4.79 Å². The summed E-state index contributed by atoms with van der Waals surface area (Å²) < 4.78 is 5.61. The van der Waals surface area contributed by atoms with E-state index in [-0.39, 0.29) is 13.2 Å². The molecule has 32 heavy (non-hydrogen) atoms. The van der Waals surface area contributed by atoms with Crippen LogP contribution >= 0.6 is 30.2 Å². The molecule has 1 unspecified atom stereocenters. The molecule has 0 spiro atoms. The van der Waals surface area contributed by atoms with Crippen molar-refractivity contribution in [1.29, 1.82) is 0 Å². The standard InChI is InChI=1S/C22H25N6OPS2/c1-28(2)30(3)32-27-17-6-4-15(5-7-17)8-11-24-22(29)18-9-12-23-21-19(18)25-20(26-21)16-10-13-31-14-16/h4-7,9-10,12-14,27H,8,11H2,1-3H3,(H,24,29)(H,23,25,26). The summed E-state index contributed by atoms with van der Waals surface area (Å²) in [7, 11) is 3.92.